The average Bonchev–Trinajstić information content (AvgIpc) is 2.89. The summed E-state index contributed by atoms with van der Waals surface area (Å²) < 4.78 is 38.0. The molecule has 2 aromatic rings. The quantitative estimate of drug-likeness (QED) is 0.823. The molecule has 0 spiro atoms. The van der Waals surface area contributed by atoms with Crippen LogP contribution in [0.3, 0.4) is 0 Å². The maximum absolute atomic E-state index is 13.9. The number of benzene rings is 2. The zero-order chi connectivity index (χ0) is 13.4. The number of hydrogen-bond acceptors (Lipinski definition) is 2. The second-order valence-electron chi connectivity index (χ2n) is 4.36. The summed E-state index contributed by atoms with van der Waals surface area (Å²) in [7, 11) is 1.54. The lowest BCUT2D eigenvalue weighted by atomic mass is 10.00. The monoisotopic (exact) mass is 262 g/mol. The smallest absolute Gasteiger partial charge is 0.166 e. The Bertz CT molecular complexity index is 638. The molecule has 0 radical (unpaired) electrons. The van der Waals surface area contributed by atoms with Crippen LogP contribution in [-0.2, 0) is 6.42 Å². The van der Waals surface area contributed by atoms with Gasteiger partial charge in [0.1, 0.15) is 11.5 Å². The highest BCUT2D eigenvalue weighted by molar-refractivity contribution is 5.75. The third-order valence-electron chi connectivity index (χ3n) is 3.23. The van der Waals surface area contributed by atoms with Gasteiger partial charge in [-0.15, -0.1) is 0 Å². The normalized spacial score (nSPS) is 13.0. The van der Waals surface area contributed by atoms with Crippen molar-refractivity contribution in [2.24, 2.45) is 0 Å². The van der Waals surface area contributed by atoms with Gasteiger partial charge in [-0.1, -0.05) is 12.1 Å². The van der Waals surface area contributed by atoms with Gasteiger partial charge >= 0.3 is 0 Å². The van der Waals surface area contributed by atoms with Gasteiger partial charge < -0.3 is 9.47 Å². The summed E-state index contributed by atoms with van der Waals surface area (Å²) in [5, 5.41) is 0. The molecule has 19 heavy (non-hydrogen) atoms. The van der Waals surface area contributed by atoms with Crippen molar-refractivity contribution in [3.63, 3.8) is 0 Å². The van der Waals surface area contributed by atoms with Gasteiger partial charge in [0, 0.05) is 23.1 Å². The Morgan fingerprint density at radius 3 is 2.79 bits per heavy atom. The van der Waals surface area contributed by atoms with E-state index in [1.165, 1.54) is 12.1 Å². The van der Waals surface area contributed by atoms with Gasteiger partial charge in [-0.25, -0.2) is 8.78 Å². The molecule has 0 fully saturated rings. The topological polar surface area (TPSA) is 18.5 Å². The fraction of sp³-hybridized carbons (Fsp3) is 0.200. The van der Waals surface area contributed by atoms with Crippen molar-refractivity contribution in [1.82, 2.24) is 0 Å². The zero-order valence-corrected chi connectivity index (χ0v) is 10.4. The minimum atomic E-state index is -0.868. The first kappa shape index (κ1) is 12.0. The zero-order valence-electron chi connectivity index (χ0n) is 10.4. The van der Waals surface area contributed by atoms with Crippen LogP contribution < -0.4 is 9.47 Å². The molecule has 0 aliphatic carbocycles. The summed E-state index contributed by atoms with van der Waals surface area (Å²) in [4.78, 5) is 0. The van der Waals surface area contributed by atoms with E-state index in [4.69, 9.17) is 9.47 Å². The Morgan fingerprint density at radius 2 is 2.00 bits per heavy atom. The Morgan fingerprint density at radius 1 is 1.16 bits per heavy atom. The second-order valence-corrected chi connectivity index (χ2v) is 4.36. The molecule has 4 heteroatoms. The summed E-state index contributed by atoms with van der Waals surface area (Å²) in [6, 6.07) is 7.65. The van der Waals surface area contributed by atoms with Crippen molar-refractivity contribution in [1.29, 1.82) is 0 Å². The number of ether oxygens (including phenoxy) is 2. The molecule has 98 valence electrons. The minimum Gasteiger partial charge on any atom is -0.497 e. The summed E-state index contributed by atoms with van der Waals surface area (Å²) >= 11 is 0. The minimum absolute atomic E-state index is 0.192. The molecule has 3 rings (SSSR count). The van der Waals surface area contributed by atoms with Gasteiger partial charge in [-0.2, -0.15) is 0 Å². The first-order valence-corrected chi connectivity index (χ1v) is 5.99. The van der Waals surface area contributed by atoms with E-state index in [1.807, 2.05) is 6.07 Å². The molecule has 0 aromatic heterocycles. The Hall–Kier alpha value is -2.10. The highest BCUT2D eigenvalue weighted by Gasteiger charge is 2.22. The molecule has 0 unspecified atom stereocenters. The van der Waals surface area contributed by atoms with Crippen LogP contribution >= 0.6 is 0 Å². The van der Waals surface area contributed by atoms with Crippen LogP contribution in [0.25, 0.3) is 11.1 Å². The lowest BCUT2D eigenvalue weighted by Crippen LogP contribution is -1.94. The molecular weight excluding hydrogens is 250 g/mol. The number of hydrogen-bond donors (Lipinski definition) is 0. The first-order chi connectivity index (χ1) is 9.20. The first-order valence-electron chi connectivity index (χ1n) is 5.99. The highest BCUT2D eigenvalue weighted by atomic mass is 19.2. The van der Waals surface area contributed by atoms with Crippen LogP contribution in [0.5, 0.6) is 11.5 Å². The molecule has 0 saturated heterocycles. The standard InChI is InChI=1S/C15H12F2O2/c1-18-10-7-9-5-6-19-15(9)12(8-10)11-3-2-4-13(16)14(11)17/h2-4,7-8H,5-6H2,1H3. The van der Waals surface area contributed by atoms with Crippen molar-refractivity contribution < 1.29 is 18.3 Å². The third-order valence-corrected chi connectivity index (χ3v) is 3.23. The van der Waals surface area contributed by atoms with Crippen molar-refractivity contribution >= 4 is 0 Å². The summed E-state index contributed by atoms with van der Waals surface area (Å²) in [5.74, 6) is -0.506. The van der Waals surface area contributed by atoms with Gasteiger partial charge in [0.05, 0.1) is 13.7 Å². The molecule has 1 aliphatic heterocycles. The number of halogens is 2. The molecule has 0 saturated carbocycles. The van der Waals surface area contributed by atoms with Crippen molar-refractivity contribution in [2.75, 3.05) is 13.7 Å². The molecule has 0 bridgehead atoms. The fourth-order valence-electron chi connectivity index (χ4n) is 2.31. The van der Waals surface area contributed by atoms with Gasteiger partial charge in [-0.05, 0) is 18.2 Å². The van der Waals surface area contributed by atoms with Crippen LogP contribution in [0.1, 0.15) is 5.56 Å². The van der Waals surface area contributed by atoms with E-state index >= 15 is 0 Å². The van der Waals surface area contributed by atoms with Gasteiger partial charge in [-0.3, -0.25) is 0 Å². The van der Waals surface area contributed by atoms with Crippen LogP contribution in [0.2, 0.25) is 0 Å². The van der Waals surface area contributed by atoms with E-state index in [9.17, 15) is 8.78 Å². The Balaban J connectivity index is 2.25. The molecule has 0 amide bonds. The molecule has 2 aromatic carbocycles. The number of fused-ring (bicyclic) bond motifs is 1. The van der Waals surface area contributed by atoms with E-state index < -0.39 is 11.6 Å². The number of rotatable bonds is 2. The van der Waals surface area contributed by atoms with Crippen molar-refractivity contribution in [2.45, 2.75) is 6.42 Å². The molecule has 1 heterocycles. The highest BCUT2D eigenvalue weighted by Crippen LogP contribution is 2.41. The molecule has 2 nitrogen and oxygen atoms in total. The molecular formula is C15H12F2O2. The molecule has 0 atom stereocenters. The Kier molecular flexibility index (Phi) is 2.85. The summed E-state index contributed by atoms with van der Waals surface area (Å²) in [5.41, 5.74) is 1.68. The van der Waals surface area contributed by atoms with Crippen LogP contribution in [0.15, 0.2) is 30.3 Å². The van der Waals surface area contributed by atoms with Crippen LogP contribution in [0, 0.1) is 11.6 Å². The van der Waals surface area contributed by atoms with E-state index in [0.717, 1.165) is 18.1 Å². The Labute approximate surface area is 109 Å². The lowest BCUT2D eigenvalue weighted by molar-refractivity contribution is 0.357. The second kappa shape index (κ2) is 4.53. The molecule has 1 aliphatic rings. The maximum Gasteiger partial charge on any atom is 0.166 e. The van der Waals surface area contributed by atoms with E-state index in [-0.39, 0.29) is 5.56 Å². The van der Waals surface area contributed by atoms with Gasteiger partial charge in [0.15, 0.2) is 11.6 Å². The SMILES string of the molecule is COc1cc2c(c(-c3cccc(F)c3F)c1)OCC2. The van der Waals surface area contributed by atoms with Gasteiger partial charge in [0.25, 0.3) is 0 Å². The predicted octanol–water partition coefficient (Wildman–Crippen LogP) is 3.58. The third kappa shape index (κ3) is 1.93. The van der Waals surface area contributed by atoms with Crippen LogP contribution in [-0.4, -0.2) is 13.7 Å². The predicted molar refractivity (Wildman–Crippen MR) is 67.5 cm³/mol. The average molecular weight is 262 g/mol. The number of methoxy groups -OCH3 is 1. The fourth-order valence-corrected chi connectivity index (χ4v) is 2.31. The van der Waals surface area contributed by atoms with E-state index in [0.29, 0.717) is 23.7 Å². The van der Waals surface area contributed by atoms with Gasteiger partial charge in [0.2, 0.25) is 0 Å². The lowest BCUT2D eigenvalue weighted by Gasteiger charge is -2.11. The summed E-state index contributed by atoms with van der Waals surface area (Å²) in [6.45, 7) is 0.548. The van der Waals surface area contributed by atoms with Crippen molar-refractivity contribution in [3.8, 4) is 22.6 Å². The van der Waals surface area contributed by atoms with E-state index in [1.54, 1.807) is 13.2 Å². The van der Waals surface area contributed by atoms with Crippen LogP contribution in [0.4, 0.5) is 8.78 Å². The van der Waals surface area contributed by atoms with E-state index in [2.05, 4.69) is 0 Å². The van der Waals surface area contributed by atoms with Crippen molar-refractivity contribution in [3.05, 3.63) is 47.5 Å². The molecule has 0 N–H and O–H groups in total. The maximum atomic E-state index is 13.9. The largest absolute Gasteiger partial charge is 0.497 e. The summed E-state index contributed by atoms with van der Waals surface area (Å²) in [6.07, 6.45) is 0.746.